The highest BCUT2D eigenvalue weighted by Gasteiger charge is 2.24. The molecule has 1 amide bonds. The van der Waals surface area contributed by atoms with Gasteiger partial charge in [-0.25, -0.2) is 0 Å². The molecule has 0 aliphatic carbocycles. The average Bonchev–Trinajstić information content (AvgIpc) is 3.09. The van der Waals surface area contributed by atoms with Gasteiger partial charge in [-0.15, -0.1) is 0 Å². The van der Waals surface area contributed by atoms with Gasteiger partial charge in [0, 0.05) is 29.7 Å². The number of ether oxygens (including phenoxy) is 2. The van der Waals surface area contributed by atoms with Crippen molar-refractivity contribution >= 4 is 22.5 Å². The van der Waals surface area contributed by atoms with E-state index in [4.69, 9.17) is 9.47 Å². The van der Waals surface area contributed by atoms with Crippen LogP contribution < -0.4 is 14.8 Å². The molecule has 0 unspecified atom stereocenters. The summed E-state index contributed by atoms with van der Waals surface area (Å²) in [5.74, 6) is -0.0908. The summed E-state index contributed by atoms with van der Waals surface area (Å²) in [6.45, 7) is 0.339. The molecule has 2 aromatic carbocycles. The second kappa shape index (κ2) is 7.77. The van der Waals surface area contributed by atoms with E-state index >= 15 is 0 Å². The number of para-hydroxylation sites is 1. The number of carbonyl (C=O) groups is 1. The van der Waals surface area contributed by atoms with Crippen LogP contribution in [-0.2, 0) is 6.42 Å². The fraction of sp³-hybridized carbons (Fsp3) is 0.211. The zero-order valence-corrected chi connectivity index (χ0v) is 14.9. The second-order valence-corrected chi connectivity index (χ2v) is 5.85. The van der Waals surface area contributed by atoms with Crippen molar-refractivity contribution in [3.05, 3.63) is 63.8 Å². The molecule has 140 valence electrons. The molecule has 1 heterocycles. The minimum atomic E-state index is -0.615. The molecule has 0 aliphatic heterocycles. The van der Waals surface area contributed by atoms with Gasteiger partial charge in [0.1, 0.15) is 5.56 Å². The molecule has 8 nitrogen and oxygen atoms in total. The normalized spacial score (nSPS) is 10.6. The predicted octanol–water partition coefficient (Wildman–Crippen LogP) is 3.07. The summed E-state index contributed by atoms with van der Waals surface area (Å²) in [5, 5.41) is 15.1. The number of nitro groups is 1. The lowest BCUT2D eigenvalue weighted by atomic mass is 10.1. The molecule has 0 bridgehead atoms. The Morgan fingerprint density at radius 2 is 1.89 bits per heavy atom. The molecule has 8 heteroatoms. The first-order chi connectivity index (χ1) is 13.0. The number of aromatic amines is 1. The van der Waals surface area contributed by atoms with Crippen LogP contribution in [0, 0.1) is 10.1 Å². The average molecular weight is 369 g/mol. The Labute approximate surface area is 155 Å². The van der Waals surface area contributed by atoms with Crippen molar-refractivity contribution in [2.45, 2.75) is 6.42 Å². The number of amides is 1. The summed E-state index contributed by atoms with van der Waals surface area (Å²) in [7, 11) is 2.78. The van der Waals surface area contributed by atoms with Crippen molar-refractivity contribution in [3.8, 4) is 11.5 Å². The molecule has 27 heavy (non-hydrogen) atoms. The van der Waals surface area contributed by atoms with Crippen LogP contribution in [0.4, 0.5) is 5.69 Å². The molecule has 0 saturated heterocycles. The van der Waals surface area contributed by atoms with Crippen molar-refractivity contribution < 1.29 is 19.2 Å². The molecule has 0 radical (unpaired) electrons. The standard InChI is InChI=1S/C19H19N3O5/c1-26-17-9-14(16(22(24)25)10-18(17)27-2)19(23)20-8-7-12-11-21-15-6-4-3-5-13(12)15/h3-6,9-11,21H,7-8H2,1-2H3,(H,20,23). The summed E-state index contributed by atoms with van der Waals surface area (Å²) < 4.78 is 10.2. The van der Waals surface area contributed by atoms with Crippen molar-refractivity contribution in [3.63, 3.8) is 0 Å². The van der Waals surface area contributed by atoms with Crippen LogP contribution in [0.2, 0.25) is 0 Å². The predicted molar refractivity (Wildman–Crippen MR) is 101 cm³/mol. The monoisotopic (exact) mass is 369 g/mol. The molecular formula is C19H19N3O5. The van der Waals surface area contributed by atoms with Gasteiger partial charge in [0.05, 0.1) is 25.2 Å². The molecule has 1 aromatic heterocycles. The third-order valence-electron chi connectivity index (χ3n) is 4.30. The highest BCUT2D eigenvalue weighted by molar-refractivity contribution is 5.99. The van der Waals surface area contributed by atoms with E-state index in [0.717, 1.165) is 16.5 Å². The summed E-state index contributed by atoms with van der Waals surface area (Å²) in [6.07, 6.45) is 2.49. The Morgan fingerprint density at radius 1 is 1.19 bits per heavy atom. The number of hydrogen-bond donors (Lipinski definition) is 2. The lowest BCUT2D eigenvalue weighted by molar-refractivity contribution is -0.385. The van der Waals surface area contributed by atoms with E-state index < -0.39 is 10.8 Å². The Balaban J connectivity index is 1.76. The zero-order valence-electron chi connectivity index (χ0n) is 14.9. The first-order valence-electron chi connectivity index (χ1n) is 8.28. The quantitative estimate of drug-likeness (QED) is 0.492. The Kier molecular flexibility index (Phi) is 5.25. The largest absolute Gasteiger partial charge is 0.493 e. The fourth-order valence-electron chi connectivity index (χ4n) is 2.95. The number of aromatic nitrogens is 1. The molecule has 3 rings (SSSR count). The number of nitro benzene ring substituents is 1. The molecule has 0 spiro atoms. The van der Waals surface area contributed by atoms with Crippen molar-refractivity contribution in [1.29, 1.82) is 0 Å². The van der Waals surface area contributed by atoms with Gasteiger partial charge in [-0.3, -0.25) is 14.9 Å². The van der Waals surface area contributed by atoms with Gasteiger partial charge in [0.2, 0.25) is 0 Å². The molecular weight excluding hydrogens is 350 g/mol. The van der Waals surface area contributed by atoms with Crippen LogP contribution in [-0.4, -0.2) is 36.6 Å². The minimum Gasteiger partial charge on any atom is -0.493 e. The van der Waals surface area contributed by atoms with Crippen LogP contribution in [0.5, 0.6) is 11.5 Å². The number of nitrogens with zero attached hydrogens (tertiary/aromatic N) is 1. The van der Waals surface area contributed by atoms with Gasteiger partial charge in [0.15, 0.2) is 11.5 Å². The second-order valence-electron chi connectivity index (χ2n) is 5.85. The maximum absolute atomic E-state index is 12.5. The highest BCUT2D eigenvalue weighted by Crippen LogP contribution is 2.34. The van der Waals surface area contributed by atoms with Crippen LogP contribution in [0.1, 0.15) is 15.9 Å². The summed E-state index contributed by atoms with van der Waals surface area (Å²) in [5.41, 5.74) is 1.68. The lowest BCUT2D eigenvalue weighted by Crippen LogP contribution is -2.26. The van der Waals surface area contributed by atoms with E-state index in [1.807, 2.05) is 30.5 Å². The smallest absolute Gasteiger partial charge is 0.286 e. The fourth-order valence-corrected chi connectivity index (χ4v) is 2.95. The number of carbonyl (C=O) groups excluding carboxylic acids is 1. The number of H-pyrrole nitrogens is 1. The van der Waals surface area contributed by atoms with Gasteiger partial charge >= 0.3 is 0 Å². The first kappa shape index (κ1) is 18.2. The van der Waals surface area contributed by atoms with Gasteiger partial charge in [-0.05, 0) is 18.1 Å². The topological polar surface area (TPSA) is 106 Å². The van der Waals surface area contributed by atoms with Gasteiger partial charge in [0.25, 0.3) is 11.6 Å². The van der Waals surface area contributed by atoms with Gasteiger partial charge in [-0.2, -0.15) is 0 Å². The number of methoxy groups -OCH3 is 2. The number of rotatable bonds is 7. The Morgan fingerprint density at radius 3 is 2.59 bits per heavy atom. The van der Waals surface area contributed by atoms with Crippen LogP contribution in [0.3, 0.4) is 0 Å². The van der Waals surface area contributed by atoms with Gasteiger partial charge < -0.3 is 19.8 Å². The van der Waals surface area contributed by atoms with E-state index in [2.05, 4.69) is 10.3 Å². The van der Waals surface area contributed by atoms with E-state index in [1.54, 1.807) is 0 Å². The van der Waals surface area contributed by atoms with Crippen LogP contribution in [0.15, 0.2) is 42.6 Å². The number of nitrogens with one attached hydrogen (secondary N) is 2. The Bertz CT molecular complexity index is 996. The minimum absolute atomic E-state index is 0.0726. The highest BCUT2D eigenvalue weighted by atomic mass is 16.6. The van der Waals surface area contributed by atoms with E-state index in [1.165, 1.54) is 26.4 Å². The molecule has 0 atom stereocenters. The molecule has 0 saturated carbocycles. The third-order valence-corrected chi connectivity index (χ3v) is 4.30. The maximum Gasteiger partial charge on any atom is 0.286 e. The Hall–Kier alpha value is -3.55. The van der Waals surface area contributed by atoms with E-state index in [0.29, 0.717) is 13.0 Å². The molecule has 3 aromatic rings. The molecule has 0 aliphatic rings. The SMILES string of the molecule is COc1cc(C(=O)NCCc2c[nH]c3ccccc23)c([N+](=O)[O-])cc1OC. The molecule has 2 N–H and O–H groups in total. The number of hydrogen-bond acceptors (Lipinski definition) is 5. The lowest BCUT2D eigenvalue weighted by Gasteiger charge is -2.11. The number of benzene rings is 2. The first-order valence-corrected chi connectivity index (χ1v) is 8.28. The number of fused-ring (bicyclic) bond motifs is 1. The third kappa shape index (κ3) is 3.69. The van der Waals surface area contributed by atoms with Gasteiger partial charge in [-0.1, -0.05) is 18.2 Å². The van der Waals surface area contributed by atoms with Crippen molar-refractivity contribution in [2.24, 2.45) is 0 Å². The summed E-state index contributed by atoms with van der Waals surface area (Å²) in [6, 6.07) is 10.4. The summed E-state index contributed by atoms with van der Waals surface area (Å²) in [4.78, 5) is 26.4. The zero-order chi connectivity index (χ0) is 19.4. The summed E-state index contributed by atoms with van der Waals surface area (Å²) >= 11 is 0. The molecule has 0 fully saturated rings. The maximum atomic E-state index is 12.5. The van der Waals surface area contributed by atoms with Crippen LogP contribution >= 0.6 is 0 Å². The van der Waals surface area contributed by atoms with E-state index in [-0.39, 0.29) is 22.7 Å². The van der Waals surface area contributed by atoms with E-state index in [9.17, 15) is 14.9 Å². The van der Waals surface area contributed by atoms with Crippen LogP contribution in [0.25, 0.3) is 10.9 Å². The van der Waals surface area contributed by atoms with Crippen molar-refractivity contribution in [1.82, 2.24) is 10.3 Å². The van der Waals surface area contributed by atoms with Crippen molar-refractivity contribution in [2.75, 3.05) is 20.8 Å².